The van der Waals surface area contributed by atoms with E-state index in [1.807, 2.05) is 64.1 Å². The van der Waals surface area contributed by atoms with Crippen LogP contribution in [0.15, 0.2) is 97.1 Å². The van der Waals surface area contributed by atoms with E-state index in [4.69, 9.17) is 23.9 Å². The first-order valence-corrected chi connectivity index (χ1v) is 15.3. The molecule has 0 saturated heterocycles. The minimum atomic E-state index is 0.526. The van der Waals surface area contributed by atoms with E-state index in [1.165, 1.54) is 5.56 Å². The number of nitrogens with zero attached hydrogens (tertiary/aromatic N) is 1. The van der Waals surface area contributed by atoms with Gasteiger partial charge in [-0.2, -0.15) is 0 Å². The number of aryl methyl sites for hydroxylation is 1. The number of ether oxygens (including phenoxy) is 4. The summed E-state index contributed by atoms with van der Waals surface area (Å²) in [5, 5.41) is 3.49. The van der Waals surface area contributed by atoms with Crippen LogP contribution in [0.5, 0.6) is 23.0 Å². The van der Waals surface area contributed by atoms with Crippen LogP contribution < -0.4 is 24.3 Å². The van der Waals surface area contributed by atoms with Crippen LogP contribution in [0, 0.1) is 6.92 Å². The molecule has 6 heteroatoms. The third-order valence-electron chi connectivity index (χ3n) is 7.06. The fraction of sp³-hybridized carbons (Fsp3) is 0.237. The van der Waals surface area contributed by atoms with Crippen molar-refractivity contribution < 1.29 is 18.9 Å². The Labute approximate surface area is 260 Å². The summed E-state index contributed by atoms with van der Waals surface area (Å²) in [6.45, 7) is 12.2. The zero-order valence-corrected chi connectivity index (χ0v) is 26.1. The van der Waals surface area contributed by atoms with E-state index in [9.17, 15) is 0 Å². The third kappa shape index (κ3) is 7.32. The van der Waals surface area contributed by atoms with Gasteiger partial charge in [-0.05, 0) is 106 Å². The quantitative estimate of drug-likeness (QED) is 0.148. The van der Waals surface area contributed by atoms with Crippen molar-refractivity contribution in [3.05, 3.63) is 103 Å². The van der Waals surface area contributed by atoms with Crippen LogP contribution in [0.1, 0.15) is 33.3 Å². The van der Waals surface area contributed by atoms with Crippen molar-refractivity contribution >= 4 is 11.4 Å². The molecule has 0 radical (unpaired) electrons. The summed E-state index contributed by atoms with van der Waals surface area (Å²) in [4.78, 5) is 5.16. The van der Waals surface area contributed by atoms with Gasteiger partial charge < -0.3 is 24.3 Å². The van der Waals surface area contributed by atoms with Crippen LogP contribution in [0.4, 0.5) is 11.4 Å². The molecule has 0 fully saturated rings. The van der Waals surface area contributed by atoms with Crippen molar-refractivity contribution in [3.8, 4) is 56.6 Å². The first-order valence-electron chi connectivity index (χ1n) is 15.3. The number of aromatic nitrogens is 1. The molecule has 1 heterocycles. The monoisotopic (exact) mass is 588 g/mol. The van der Waals surface area contributed by atoms with Crippen LogP contribution >= 0.6 is 0 Å². The topological polar surface area (TPSA) is 61.8 Å². The van der Waals surface area contributed by atoms with Gasteiger partial charge >= 0.3 is 0 Å². The summed E-state index contributed by atoms with van der Waals surface area (Å²) in [7, 11) is 0. The number of benzene rings is 4. The molecule has 5 rings (SSSR count). The Morgan fingerprint density at radius 3 is 1.41 bits per heavy atom. The molecule has 0 aliphatic rings. The van der Waals surface area contributed by atoms with Gasteiger partial charge in [0.25, 0.3) is 0 Å². The maximum absolute atomic E-state index is 6.08. The zero-order chi connectivity index (χ0) is 30.9. The SMILES string of the molecule is CCOc1ccc(-c2cc(-c3ccc(Nc4ccc(C)cc4)cc3)cc(-c3ccc(OCC)cc3OCC)n2)c(OCC)c1. The maximum Gasteiger partial charge on any atom is 0.132 e. The van der Waals surface area contributed by atoms with E-state index < -0.39 is 0 Å². The smallest absolute Gasteiger partial charge is 0.132 e. The first kappa shape index (κ1) is 30.5. The van der Waals surface area contributed by atoms with Crippen molar-refractivity contribution in [1.82, 2.24) is 4.98 Å². The molecule has 0 aliphatic carbocycles. The summed E-state index contributed by atoms with van der Waals surface area (Å²) in [5.74, 6) is 2.97. The summed E-state index contributed by atoms with van der Waals surface area (Å²) in [5.41, 5.74) is 8.76. The van der Waals surface area contributed by atoms with Gasteiger partial charge in [-0.3, -0.25) is 0 Å². The number of anilines is 2. The summed E-state index contributed by atoms with van der Waals surface area (Å²) in [6.07, 6.45) is 0. The number of hydrogen-bond donors (Lipinski definition) is 1. The molecule has 4 aromatic carbocycles. The second-order valence-electron chi connectivity index (χ2n) is 10.2. The van der Waals surface area contributed by atoms with E-state index in [0.29, 0.717) is 26.4 Å². The summed E-state index contributed by atoms with van der Waals surface area (Å²) >= 11 is 0. The van der Waals surface area contributed by atoms with Crippen molar-refractivity contribution in [2.24, 2.45) is 0 Å². The lowest BCUT2D eigenvalue weighted by Gasteiger charge is -2.17. The molecular formula is C38H40N2O4. The second kappa shape index (κ2) is 14.5. The highest BCUT2D eigenvalue weighted by Gasteiger charge is 2.17. The molecule has 226 valence electrons. The minimum absolute atomic E-state index is 0.526. The predicted octanol–water partition coefficient (Wildman–Crippen LogP) is 9.73. The highest BCUT2D eigenvalue weighted by Crippen LogP contribution is 2.39. The van der Waals surface area contributed by atoms with Crippen LogP contribution in [0.2, 0.25) is 0 Å². The summed E-state index contributed by atoms with van der Waals surface area (Å²) < 4.78 is 23.7. The Balaban J connectivity index is 1.61. The van der Waals surface area contributed by atoms with E-state index >= 15 is 0 Å². The largest absolute Gasteiger partial charge is 0.494 e. The molecule has 0 amide bonds. The van der Waals surface area contributed by atoms with Crippen molar-refractivity contribution in [1.29, 1.82) is 0 Å². The van der Waals surface area contributed by atoms with Gasteiger partial charge in [-0.15, -0.1) is 0 Å². The molecule has 6 nitrogen and oxygen atoms in total. The average molecular weight is 589 g/mol. The molecule has 0 bridgehead atoms. The average Bonchev–Trinajstić information content (AvgIpc) is 3.03. The van der Waals surface area contributed by atoms with Crippen molar-refractivity contribution in [3.63, 3.8) is 0 Å². The Bertz CT molecular complexity index is 1600. The van der Waals surface area contributed by atoms with E-state index in [2.05, 4.69) is 72.9 Å². The van der Waals surface area contributed by atoms with Crippen molar-refractivity contribution in [2.75, 3.05) is 31.7 Å². The molecule has 5 aromatic rings. The van der Waals surface area contributed by atoms with Gasteiger partial charge in [0, 0.05) is 34.6 Å². The maximum atomic E-state index is 6.08. The molecule has 0 aliphatic heterocycles. The standard InChI is InChI=1S/C38H40N2O4/c1-6-41-31-18-20-33(37(24-31)43-8-3)35-22-28(27-12-16-30(17-13-27)39-29-14-10-26(5)11-15-29)23-36(40-35)34-21-19-32(42-7-2)25-38(34)44-9-4/h10-25,39H,6-9H2,1-5H3. The molecule has 0 spiro atoms. The van der Waals surface area contributed by atoms with Gasteiger partial charge in [-0.25, -0.2) is 4.98 Å². The summed E-state index contributed by atoms with van der Waals surface area (Å²) in [6, 6.07) is 32.9. The lowest BCUT2D eigenvalue weighted by atomic mass is 9.99. The van der Waals surface area contributed by atoms with Gasteiger partial charge in [-0.1, -0.05) is 29.8 Å². The third-order valence-corrected chi connectivity index (χ3v) is 7.06. The van der Waals surface area contributed by atoms with Crippen LogP contribution in [-0.4, -0.2) is 31.4 Å². The van der Waals surface area contributed by atoms with Gasteiger partial charge in [0.1, 0.15) is 23.0 Å². The van der Waals surface area contributed by atoms with Gasteiger partial charge in [0.2, 0.25) is 0 Å². The second-order valence-corrected chi connectivity index (χ2v) is 10.2. The minimum Gasteiger partial charge on any atom is -0.494 e. The lowest BCUT2D eigenvalue weighted by molar-refractivity contribution is 0.323. The highest BCUT2D eigenvalue weighted by molar-refractivity contribution is 5.81. The molecule has 1 aromatic heterocycles. The Morgan fingerprint density at radius 2 is 0.955 bits per heavy atom. The highest BCUT2D eigenvalue weighted by atomic mass is 16.5. The van der Waals surface area contributed by atoms with Gasteiger partial charge in [0.05, 0.1) is 37.8 Å². The molecule has 0 atom stereocenters. The zero-order valence-electron chi connectivity index (χ0n) is 26.1. The van der Waals surface area contributed by atoms with E-state index in [1.54, 1.807) is 0 Å². The van der Waals surface area contributed by atoms with Crippen molar-refractivity contribution in [2.45, 2.75) is 34.6 Å². The first-order chi connectivity index (χ1) is 21.5. The number of rotatable bonds is 13. The molecule has 0 unspecified atom stereocenters. The Kier molecular flexibility index (Phi) is 10.0. The molecule has 1 N–H and O–H groups in total. The molecule has 44 heavy (non-hydrogen) atoms. The Hall–Kier alpha value is -4.97. The normalized spacial score (nSPS) is 10.8. The lowest BCUT2D eigenvalue weighted by Crippen LogP contribution is -2.00. The van der Waals surface area contributed by atoms with Crippen LogP contribution in [-0.2, 0) is 0 Å². The van der Waals surface area contributed by atoms with E-state index in [-0.39, 0.29) is 0 Å². The van der Waals surface area contributed by atoms with E-state index in [0.717, 1.165) is 68.0 Å². The van der Waals surface area contributed by atoms with Crippen LogP contribution in [0.25, 0.3) is 33.6 Å². The fourth-order valence-corrected chi connectivity index (χ4v) is 5.01. The Morgan fingerprint density at radius 1 is 0.500 bits per heavy atom. The fourth-order valence-electron chi connectivity index (χ4n) is 5.01. The number of pyridine rings is 1. The predicted molar refractivity (Wildman–Crippen MR) is 180 cm³/mol. The number of hydrogen-bond acceptors (Lipinski definition) is 6. The van der Waals surface area contributed by atoms with Gasteiger partial charge in [0.15, 0.2) is 0 Å². The molecular weight excluding hydrogens is 548 g/mol. The molecule has 0 saturated carbocycles. The number of nitrogens with one attached hydrogen (secondary N) is 1. The van der Waals surface area contributed by atoms with Crippen LogP contribution in [0.3, 0.4) is 0 Å².